The smallest absolute Gasteiger partial charge is 0.319 e. The molecule has 0 aliphatic heterocycles. The summed E-state index contributed by atoms with van der Waals surface area (Å²) in [4.78, 5) is 12.1. The van der Waals surface area contributed by atoms with Gasteiger partial charge in [0.1, 0.15) is 0 Å². The molecule has 0 aromatic heterocycles. The lowest BCUT2D eigenvalue weighted by Crippen LogP contribution is -2.36. The Morgan fingerprint density at radius 1 is 1.14 bits per heavy atom. The van der Waals surface area contributed by atoms with Gasteiger partial charge in [-0.25, -0.2) is 13.2 Å². The maximum Gasteiger partial charge on any atom is 0.319 e. The van der Waals surface area contributed by atoms with Gasteiger partial charge >= 0.3 is 6.03 Å². The molecular weight excluding hydrogens is 288 g/mol. The molecule has 0 bridgehead atoms. The van der Waals surface area contributed by atoms with Crippen LogP contribution in [0, 0.1) is 5.92 Å². The summed E-state index contributed by atoms with van der Waals surface area (Å²) in [6, 6.07) is 6.03. The van der Waals surface area contributed by atoms with E-state index in [1.165, 1.54) is 6.07 Å². The number of carbonyl (C=O) groups excluding carboxylic acids is 1. The largest absolute Gasteiger partial charge is 0.335 e. The first-order valence-corrected chi connectivity index (χ1v) is 8.96. The van der Waals surface area contributed by atoms with Gasteiger partial charge in [-0.3, -0.25) is 0 Å². The molecule has 0 aliphatic rings. The topological polar surface area (TPSA) is 75.3 Å². The minimum Gasteiger partial charge on any atom is -0.335 e. The van der Waals surface area contributed by atoms with E-state index in [0.717, 1.165) is 19.1 Å². The number of hydrogen-bond acceptors (Lipinski definition) is 3. The monoisotopic (exact) mass is 312 g/mol. The molecule has 1 aromatic carbocycles. The Bertz CT molecular complexity index is 582. The number of carbonyl (C=O) groups is 1. The first-order valence-electron chi connectivity index (χ1n) is 7.06. The van der Waals surface area contributed by atoms with Crippen LogP contribution in [-0.4, -0.2) is 26.7 Å². The molecule has 2 amide bonds. The van der Waals surface area contributed by atoms with E-state index in [-0.39, 0.29) is 17.0 Å². The van der Waals surface area contributed by atoms with Crippen molar-refractivity contribution in [2.45, 2.75) is 44.6 Å². The fraction of sp³-hybridized carbons (Fsp3) is 0.533. The zero-order valence-electron chi connectivity index (χ0n) is 13.0. The van der Waals surface area contributed by atoms with Crippen LogP contribution in [0.2, 0.25) is 0 Å². The highest BCUT2D eigenvalue weighted by atomic mass is 32.2. The number of nitrogens with one attached hydrogen (secondary N) is 2. The van der Waals surface area contributed by atoms with Gasteiger partial charge in [-0.1, -0.05) is 26.0 Å². The van der Waals surface area contributed by atoms with Crippen LogP contribution in [0.1, 0.15) is 33.6 Å². The van der Waals surface area contributed by atoms with Crippen molar-refractivity contribution in [1.82, 2.24) is 5.32 Å². The third kappa shape index (κ3) is 6.16. The molecule has 0 aliphatic carbocycles. The van der Waals surface area contributed by atoms with Gasteiger partial charge < -0.3 is 10.6 Å². The van der Waals surface area contributed by atoms with Gasteiger partial charge in [0.2, 0.25) is 0 Å². The van der Waals surface area contributed by atoms with Crippen LogP contribution in [0.5, 0.6) is 0 Å². The molecule has 0 heterocycles. The molecule has 0 saturated heterocycles. The predicted octanol–water partition coefficient (Wildman–Crippen LogP) is 3.04. The van der Waals surface area contributed by atoms with Crippen molar-refractivity contribution in [3.63, 3.8) is 0 Å². The van der Waals surface area contributed by atoms with Crippen LogP contribution in [0.15, 0.2) is 29.2 Å². The Labute approximate surface area is 127 Å². The number of hydrogen-bond donors (Lipinski definition) is 2. The summed E-state index contributed by atoms with van der Waals surface area (Å²) < 4.78 is 23.3. The SMILES string of the molecule is CC(C)CC[C@H](C)NC(=O)Nc1ccccc1S(C)(=O)=O. The summed E-state index contributed by atoms with van der Waals surface area (Å²) in [6.07, 6.45) is 3.04. The number of anilines is 1. The van der Waals surface area contributed by atoms with Gasteiger partial charge in [-0.05, 0) is 37.8 Å². The normalized spacial score (nSPS) is 13.0. The molecule has 5 nitrogen and oxygen atoms in total. The van der Waals surface area contributed by atoms with Crippen LogP contribution < -0.4 is 10.6 Å². The fourth-order valence-corrected chi connectivity index (χ4v) is 2.78. The Morgan fingerprint density at radius 2 is 1.76 bits per heavy atom. The molecule has 118 valence electrons. The molecule has 0 radical (unpaired) electrons. The number of rotatable bonds is 6. The van der Waals surface area contributed by atoms with Crippen molar-refractivity contribution in [2.24, 2.45) is 5.92 Å². The van der Waals surface area contributed by atoms with Crippen molar-refractivity contribution in [3.05, 3.63) is 24.3 Å². The summed E-state index contributed by atoms with van der Waals surface area (Å²) in [7, 11) is -3.37. The van der Waals surface area contributed by atoms with Crippen LogP contribution in [0.3, 0.4) is 0 Å². The second-order valence-corrected chi connectivity index (χ2v) is 7.72. The molecule has 0 fully saturated rings. The van der Waals surface area contributed by atoms with E-state index in [1.807, 2.05) is 6.92 Å². The summed E-state index contributed by atoms with van der Waals surface area (Å²) in [5, 5.41) is 5.42. The molecule has 0 unspecified atom stereocenters. The third-order valence-electron chi connectivity index (χ3n) is 3.09. The van der Waals surface area contributed by atoms with Crippen LogP contribution in [0.4, 0.5) is 10.5 Å². The summed E-state index contributed by atoms with van der Waals surface area (Å²) in [6.45, 7) is 6.20. The summed E-state index contributed by atoms with van der Waals surface area (Å²) in [5.74, 6) is 0.586. The van der Waals surface area contributed by atoms with Crippen molar-refractivity contribution >= 4 is 21.6 Å². The van der Waals surface area contributed by atoms with Crippen LogP contribution in [0.25, 0.3) is 0 Å². The van der Waals surface area contributed by atoms with Gasteiger partial charge in [0.05, 0.1) is 10.6 Å². The first-order chi connectivity index (χ1) is 9.70. The van der Waals surface area contributed by atoms with E-state index in [9.17, 15) is 13.2 Å². The van der Waals surface area contributed by atoms with Gasteiger partial charge in [0.25, 0.3) is 0 Å². The minimum atomic E-state index is -3.37. The second kappa shape index (κ2) is 7.45. The first kappa shape index (κ1) is 17.5. The highest BCUT2D eigenvalue weighted by molar-refractivity contribution is 7.90. The molecule has 0 spiro atoms. The average molecular weight is 312 g/mol. The molecule has 1 rings (SSSR count). The fourth-order valence-electron chi connectivity index (χ4n) is 1.93. The van der Waals surface area contributed by atoms with Gasteiger partial charge in [0.15, 0.2) is 9.84 Å². The molecule has 21 heavy (non-hydrogen) atoms. The number of amides is 2. The van der Waals surface area contributed by atoms with E-state index in [2.05, 4.69) is 24.5 Å². The van der Waals surface area contributed by atoms with Crippen molar-refractivity contribution in [2.75, 3.05) is 11.6 Å². The molecule has 0 saturated carbocycles. The standard InChI is InChI=1S/C15H24N2O3S/c1-11(2)9-10-12(3)16-15(18)17-13-7-5-6-8-14(13)21(4,19)20/h5-8,11-12H,9-10H2,1-4H3,(H2,16,17,18)/t12-/m0/s1. The molecule has 1 aromatic rings. The second-order valence-electron chi connectivity index (χ2n) is 5.74. The Morgan fingerprint density at radius 3 is 2.33 bits per heavy atom. The van der Waals surface area contributed by atoms with Crippen molar-refractivity contribution in [1.29, 1.82) is 0 Å². The lowest BCUT2D eigenvalue weighted by atomic mass is 10.0. The van der Waals surface area contributed by atoms with Crippen molar-refractivity contribution < 1.29 is 13.2 Å². The van der Waals surface area contributed by atoms with Gasteiger partial charge in [-0.15, -0.1) is 0 Å². The molecular formula is C15H24N2O3S. The molecule has 6 heteroatoms. The lowest BCUT2D eigenvalue weighted by Gasteiger charge is -2.16. The maximum absolute atomic E-state index is 11.9. The maximum atomic E-state index is 11.9. The van der Waals surface area contributed by atoms with Crippen molar-refractivity contribution in [3.8, 4) is 0 Å². The van der Waals surface area contributed by atoms with E-state index in [4.69, 9.17) is 0 Å². The lowest BCUT2D eigenvalue weighted by molar-refractivity contribution is 0.248. The molecule has 2 N–H and O–H groups in total. The van der Waals surface area contributed by atoms with E-state index >= 15 is 0 Å². The zero-order valence-corrected chi connectivity index (χ0v) is 13.8. The Kier molecular flexibility index (Phi) is 6.20. The number of para-hydroxylation sites is 1. The minimum absolute atomic E-state index is 0.0396. The zero-order chi connectivity index (χ0) is 16.0. The summed E-state index contributed by atoms with van der Waals surface area (Å²) >= 11 is 0. The van der Waals surface area contributed by atoms with Crippen LogP contribution >= 0.6 is 0 Å². The Hall–Kier alpha value is -1.56. The highest BCUT2D eigenvalue weighted by Crippen LogP contribution is 2.20. The summed E-state index contributed by atoms with van der Waals surface area (Å²) in [5.41, 5.74) is 0.300. The average Bonchev–Trinajstić information content (AvgIpc) is 2.35. The van der Waals surface area contributed by atoms with Crippen LogP contribution in [-0.2, 0) is 9.84 Å². The Balaban J connectivity index is 2.68. The predicted molar refractivity (Wildman–Crippen MR) is 85.2 cm³/mol. The highest BCUT2D eigenvalue weighted by Gasteiger charge is 2.15. The number of sulfone groups is 1. The van der Waals surface area contributed by atoms with Gasteiger partial charge in [-0.2, -0.15) is 0 Å². The van der Waals surface area contributed by atoms with E-state index in [1.54, 1.807) is 18.2 Å². The van der Waals surface area contributed by atoms with E-state index < -0.39 is 9.84 Å². The van der Waals surface area contributed by atoms with Gasteiger partial charge in [0, 0.05) is 12.3 Å². The molecule has 1 atom stereocenters. The number of urea groups is 1. The number of benzene rings is 1. The third-order valence-corrected chi connectivity index (χ3v) is 4.24. The van der Waals surface area contributed by atoms with E-state index in [0.29, 0.717) is 11.6 Å². The quantitative estimate of drug-likeness (QED) is 0.847.